The number of carbonyl (C=O) groups excluding carboxylic acids is 1. The number of aliphatic hydroxyl groups is 1. The highest BCUT2D eigenvalue weighted by molar-refractivity contribution is 5.79. The molecule has 1 rings (SSSR count). The van der Waals surface area contributed by atoms with Crippen molar-refractivity contribution < 1.29 is 14.6 Å². The first-order valence-electron chi connectivity index (χ1n) is 5.94. The molecule has 0 aromatic rings. The molecule has 0 spiro atoms. The van der Waals surface area contributed by atoms with Crippen LogP contribution in [-0.2, 0) is 9.53 Å². The van der Waals surface area contributed by atoms with E-state index in [2.05, 4.69) is 6.92 Å². The van der Waals surface area contributed by atoms with Crippen LogP contribution in [0.15, 0.2) is 0 Å². The SMILES string of the molecule is CCOC(=O)C(O)(CC)C1CCC(C)C1. The Morgan fingerprint density at radius 3 is 2.53 bits per heavy atom. The number of hydrogen-bond donors (Lipinski definition) is 1. The van der Waals surface area contributed by atoms with E-state index in [1.54, 1.807) is 6.92 Å². The summed E-state index contributed by atoms with van der Waals surface area (Å²) in [5, 5.41) is 10.4. The molecule has 0 saturated heterocycles. The summed E-state index contributed by atoms with van der Waals surface area (Å²) in [6.07, 6.45) is 3.42. The summed E-state index contributed by atoms with van der Waals surface area (Å²) in [6.45, 7) is 6.12. The zero-order valence-corrected chi connectivity index (χ0v) is 9.95. The van der Waals surface area contributed by atoms with Gasteiger partial charge in [0.05, 0.1) is 6.61 Å². The maximum Gasteiger partial charge on any atom is 0.338 e. The summed E-state index contributed by atoms with van der Waals surface area (Å²) in [6, 6.07) is 0. The minimum Gasteiger partial charge on any atom is -0.464 e. The van der Waals surface area contributed by atoms with Gasteiger partial charge in [-0.2, -0.15) is 0 Å². The average molecular weight is 214 g/mol. The van der Waals surface area contributed by atoms with E-state index in [9.17, 15) is 9.90 Å². The Labute approximate surface area is 91.8 Å². The quantitative estimate of drug-likeness (QED) is 0.729. The minimum absolute atomic E-state index is 0.0801. The topological polar surface area (TPSA) is 46.5 Å². The van der Waals surface area contributed by atoms with E-state index in [0.29, 0.717) is 18.9 Å². The summed E-state index contributed by atoms with van der Waals surface area (Å²) in [5.41, 5.74) is -1.25. The molecule has 0 bridgehead atoms. The lowest BCUT2D eigenvalue weighted by Gasteiger charge is -2.30. The van der Waals surface area contributed by atoms with E-state index in [1.807, 2.05) is 6.92 Å². The molecule has 0 aromatic carbocycles. The number of ether oxygens (including phenoxy) is 1. The van der Waals surface area contributed by atoms with Crippen molar-refractivity contribution in [2.45, 2.75) is 52.1 Å². The van der Waals surface area contributed by atoms with Crippen LogP contribution in [0.4, 0.5) is 0 Å². The van der Waals surface area contributed by atoms with Gasteiger partial charge in [-0.25, -0.2) is 4.79 Å². The van der Waals surface area contributed by atoms with Crippen molar-refractivity contribution in [1.82, 2.24) is 0 Å². The molecule has 1 saturated carbocycles. The maximum absolute atomic E-state index is 11.7. The van der Waals surface area contributed by atoms with Gasteiger partial charge < -0.3 is 9.84 Å². The molecule has 1 N–H and O–H groups in total. The van der Waals surface area contributed by atoms with Crippen LogP contribution in [0.5, 0.6) is 0 Å². The lowest BCUT2D eigenvalue weighted by molar-refractivity contribution is -0.172. The molecule has 0 amide bonds. The summed E-state index contributed by atoms with van der Waals surface area (Å²) in [4.78, 5) is 11.7. The lowest BCUT2D eigenvalue weighted by atomic mass is 9.83. The molecule has 0 aromatic heterocycles. The van der Waals surface area contributed by atoms with Crippen LogP contribution < -0.4 is 0 Å². The number of esters is 1. The molecule has 3 unspecified atom stereocenters. The predicted molar refractivity (Wildman–Crippen MR) is 58.4 cm³/mol. The summed E-state index contributed by atoms with van der Waals surface area (Å²) >= 11 is 0. The Morgan fingerprint density at radius 2 is 2.13 bits per heavy atom. The third-order valence-electron chi connectivity index (χ3n) is 3.54. The van der Waals surface area contributed by atoms with Crippen LogP contribution in [-0.4, -0.2) is 23.3 Å². The molecule has 3 nitrogen and oxygen atoms in total. The van der Waals surface area contributed by atoms with Crippen molar-refractivity contribution in [1.29, 1.82) is 0 Å². The summed E-state index contributed by atoms with van der Waals surface area (Å²) in [5.74, 6) is 0.255. The Kier molecular flexibility index (Phi) is 4.14. The van der Waals surface area contributed by atoms with Gasteiger partial charge in [-0.1, -0.05) is 20.3 Å². The fourth-order valence-electron chi connectivity index (χ4n) is 2.50. The Hall–Kier alpha value is -0.570. The predicted octanol–water partition coefficient (Wildman–Crippen LogP) is 2.13. The van der Waals surface area contributed by atoms with E-state index < -0.39 is 11.6 Å². The number of carbonyl (C=O) groups is 1. The summed E-state index contributed by atoms with van der Waals surface area (Å²) in [7, 11) is 0. The Morgan fingerprint density at radius 1 is 1.47 bits per heavy atom. The molecule has 0 heterocycles. The minimum atomic E-state index is -1.25. The van der Waals surface area contributed by atoms with Crippen molar-refractivity contribution in [3.63, 3.8) is 0 Å². The molecule has 88 valence electrons. The summed E-state index contributed by atoms with van der Waals surface area (Å²) < 4.78 is 4.96. The normalized spacial score (nSPS) is 29.9. The lowest BCUT2D eigenvalue weighted by Crippen LogP contribution is -2.45. The highest BCUT2D eigenvalue weighted by atomic mass is 16.5. The molecule has 3 atom stereocenters. The van der Waals surface area contributed by atoms with Crippen molar-refractivity contribution in [2.24, 2.45) is 11.8 Å². The zero-order chi connectivity index (χ0) is 11.5. The second-order valence-corrected chi connectivity index (χ2v) is 4.61. The van der Waals surface area contributed by atoms with Gasteiger partial charge in [-0.3, -0.25) is 0 Å². The molecule has 0 radical (unpaired) electrons. The smallest absolute Gasteiger partial charge is 0.338 e. The first kappa shape index (κ1) is 12.5. The van der Waals surface area contributed by atoms with Gasteiger partial charge in [0, 0.05) is 0 Å². The van der Waals surface area contributed by atoms with Gasteiger partial charge in [0.1, 0.15) is 0 Å². The first-order chi connectivity index (χ1) is 7.04. The highest BCUT2D eigenvalue weighted by Crippen LogP contribution is 2.39. The van der Waals surface area contributed by atoms with Crippen LogP contribution in [0.25, 0.3) is 0 Å². The second kappa shape index (κ2) is 4.97. The Balaban J connectivity index is 2.70. The fraction of sp³-hybridized carbons (Fsp3) is 0.917. The van der Waals surface area contributed by atoms with E-state index >= 15 is 0 Å². The van der Waals surface area contributed by atoms with Crippen LogP contribution in [0.3, 0.4) is 0 Å². The van der Waals surface area contributed by atoms with E-state index in [-0.39, 0.29) is 5.92 Å². The van der Waals surface area contributed by atoms with E-state index in [4.69, 9.17) is 4.74 Å². The van der Waals surface area contributed by atoms with Gasteiger partial charge in [0.15, 0.2) is 5.60 Å². The van der Waals surface area contributed by atoms with Crippen molar-refractivity contribution >= 4 is 5.97 Å². The fourth-order valence-corrected chi connectivity index (χ4v) is 2.50. The van der Waals surface area contributed by atoms with Gasteiger partial charge >= 0.3 is 5.97 Å². The van der Waals surface area contributed by atoms with Crippen LogP contribution in [0.1, 0.15) is 46.5 Å². The van der Waals surface area contributed by atoms with Crippen LogP contribution >= 0.6 is 0 Å². The third-order valence-corrected chi connectivity index (χ3v) is 3.54. The molecule has 1 aliphatic carbocycles. The zero-order valence-electron chi connectivity index (χ0n) is 9.95. The standard InChI is InChI=1S/C12H22O3/c1-4-12(14,11(13)15-5-2)10-7-6-9(3)8-10/h9-10,14H,4-8H2,1-3H3. The van der Waals surface area contributed by atoms with Gasteiger partial charge in [-0.15, -0.1) is 0 Å². The first-order valence-corrected chi connectivity index (χ1v) is 5.94. The van der Waals surface area contributed by atoms with Gasteiger partial charge in [0.2, 0.25) is 0 Å². The van der Waals surface area contributed by atoms with Crippen molar-refractivity contribution in [3.05, 3.63) is 0 Å². The van der Waals surface area contributed by atoms with E-state index in [0.717, 1.165) is 19.3 Å². The molecule has 1 fully saturated rings. The number of hydrogen-bond acceptors (Lipinski definition) is 3. The molecular weight excluding hydrogens is 192 g/mol. The van der Waals surface area contributed by atoms with Crippen LogP contribution in [0.2, 0.25) is 0 Å². The molecule has 1 aliphatic rings. The molecule has 0 aliphatic heterocycles. The second-order valence-electron chi connectivity index (χ2n) is 4.61. The van der Waals surface area contributed by atoms with Crippen LogP contribution in [0, 0.1) is 11.8 Å². The molecule has 15 heavy (non-hydrogen) atoms. The largest absolute Gasteiger partial charge is 0.464 e. The maximum atomic E-state index is 11.7. The van der Waals surface area contributed by atoms with E-state index in [1.165, 1.54) is 0 Å². The number of rotatable bonds is 4. The van der Waals surface area contributed by atoms with Crippen molar-refractivity contribution in [2.75, 3.05) is 6.61 Å². The average Bonchev–Trinajstić information content (AvgIpc) is 2.64. The van der Waals surface area contributed by atoms with Gasteiger partial charge in [0.25, 0.3) is 0 Å². The van der Waals surface area contributed by atoms with Crippen molar-refractivity contribution in [3.8, 4) is 0 Å². The Bertz CT molecular complexity index is 227. The van der Waals surface area contributed by atoms with Gasteiger partial charge in [-0.05, 0) is 38.0 Å². The molecular formula is C12H22O3. The third kappa shape index (κ3) is 2.51. The highest BCUT2D eigenvalue weighted by Gasteiger charge is 2.45. The monoisotopic (exact) mass is 214 g/mol. The molecule has 3 heteroatoms.